The monoisotopic (exact) mass is 358 g/mol. The lowest BCUT2D eigenvalue weighted by Crippen LogP contribution is -2.13. The third-order valence-electron chi connectivity index (χ3n) is 3.93. The van der Waals surface area contributed by atoms with E-state index in [9.17, 15) is 4.79 Å². The number of pyridine rings is 1. The highest BCUT2D eigenvalue weighted by atomic mass is 35.5. The van der Waals surface area contributed by atoms with Crippen molar-refractivity contribution in [2.24, 2.45) is 0 Å². The molecule has 0 unspecified atom stereocenters. The molecule has 1 N–H and O–H groups in total. The Labute approximate surface area is 150 Å². The Bertz CT molecular complexity index is 919. The summed E-state index contributed by atoms with van der Waals surface area (Å²) in [5.41, 5.74) is 3.53. The molecule has 0 spiro atoms. The normalized spacial score (nSPS) is 11.0. The average molecular weight is 359 g/mol. The van der Waals surface area contributed by atoms with Crippen molar-refractivity contribution in [2.45, 2.75) is 20.4 Å². The molecule has 0 bridgehead atoms. The van der Waals surface area contributed by atoms with Crippen LogP contribution in [0.1, 0.15) is 21.6 Å². The van der Waals surface area contributed by atoms with E-state index in [1.165, 1.54) is 6.20 Å². The molecular formula is C18H19ClN4O2. The van der Waals surface area contributed by atoms with Crippen molar-refractivity contribution in [1.82, 2.24) is 14.8 Å². The van der Waals surface area contributed by atoms with Gasteiger partial charge in [0.2, 0.25) is 0 Å². The van der Waals surface area contributed by atoms with Gasteiger partial charge in [0.1, 0.15) is 0 Å². The molecule has 7 heteroatoms. The summed E-state index contributed by atoms with van der Waals surface area (Å²) in [6.07, 6.45) is 1.48. The zero-order chi connectivity index (χ0) is 18.0. The summed E-state index contributed by atoms with van der Waals surface area (Å²) in [5, 5.41) is 8.33. The van der Waals surface area contributed by atoms with Gasteiger partial charge >= 0.3 is 0 Å². The maximum absolute atomic E-state index is 12.6. The number of benzene rings is 1. The summed E-state index contributed by atoms with van der Waals surface area (Å²) in [5.74, 6) is -0.299. The number of hydrogen-bond acceptors (Lipinski definition) is 4. The maximum Gasteiger partial charge on any atom is 0.258 e. The average Bonchev–Trinajstić information content (AvgIpc) is 2.92. The van der Waals surface area contributed by atoms with Crippen LogP contribution in [0.5, 0.6) is 0 Å². The molecule has 130 valence electrons. The van der Waals surface area contributed by atoms with Gasteiger partial charge in [0.25, 0.3) is 5.91 Å². The number of rotatable bonds is 5. The molecule has 25 heavy (non-hydrogen) atoms. The number of amides is 1. The fraction of sp³-hybridized carbons (Fsp3) is 0.278. The van der Waals surface area contributed by atoms with Crippen molar-refractivity contribution in [3.05, 3.63) is 52.3 Å². The molecule has 3 rings (SSSR count). The Morgan fingerprint density at radius 1 is 1.28 bits per heavy atom. The second kappa shape index (κ2) is 7.21. The number of fused-ring (bicyclic) bond motifs is 1. The first-order valence-corrected chi connectivity index (χ1v) is 8.27. The van der Waals surface area contributed by atoms with Gasteiger partial charge in [-0.05, 0) is 26.0 Å². The van der Waals surface area contributed by atoms with Crippen LogP contribution in [0.25, 0.3) is 11.0 Å². The number of carbonyl (C=O) groups is 1. The number of methoxy groups -OCH3 is 1. The molecule has 0 fully saturated rings. The van der Waals surface area contributed by atoms with Gasteiger partial charge in [0.05, 0.1) is 34.8 Å². The lowest BCUT2D eigenvalue weighted by atomic mass is 10.2. The van der Waals surface area contributed by atoms with Gasteiger partial charge in [0, 0.05) is 19.0 Å². The summed E-state index contributed by atoms with van der Waals surface area (Å²) in [6.45, 7) is 4.93. The van der Waals surface area contributed by atoms with E-state index in [1.807, 2.05) is 38.1 Å². The van der Waals surface area contributed by atoms with E-state index in [4.69, 9.17) is 16.3 Å². The first-order chi connectivity index (χ1) is 12.0. The number of carbonyl (C=O) groups excluding carboxylic acids is 1. The molecule has 2 aromatic heterocycles. The number of hydrogen-bond donors (Lipinski definition) is 1. The molecular weight excluding hydrogens is 340 g/mol. The minimum absolute atomic E-state index is 0.299. The molecule has 2 heterocycles. The van der Waals surface area contributed by atoms with Crippen LogP contribution in [0.2, 0.25) is 5.02 Å². The minimum Gasteiger partial charge on any atom is -0.383 e. The molecule has 0 aliphatic rings. The molecule has 0 atom stereocenters. The Hall–Kier alpha value is -2.44. The number of nitrogens with one attached hydrogen (secondary N) is 1. The van der Waals surface area contributed by atoms with E-state index >= 15 is 0 Å². The van der Waals surface area contributed by atoms with Crippen LogP contribution in [0, 0.1) is 13.8 Å². The largest absolute Gasteiger partial charge is 0.383 e. The number of aryl methyl sites for hydroxylation is 2. The van der Waals surface area contributed by atoms with Crippen LogP contribution in [-0.2, 0) is 11.3 Å². The summed E-state index contributed by atoms with van der Waals surface area (Å²) in [7, 11) is 1.63. The summed E-state index contributed by atoms with van der Waals surface area (Å²) in [4.78, 5) is 17.0. The fourth-order valence-corrected chi connectivity index (χ4v) is 2.96. The molecule has 0 aliphatic carbocycles. The first kappa shape index (κ1) is 17.4. The van der Waals surface area contributed by atoms with E-state index in [-0.39, 0.29) is 5.91 Å². The molecule has 1 aromatic carbocycles. The van der Waals surface area contributed by atoms with E-state index < -0.39 is 0 Å². The van der Waals surface area contributed by atoms with Crippen LogP contribution in [-0.4, -0.2) is 34.4 Å². The Balaban J connectivity index is 1.94. The number of ether oxygens (including phenoxy) is 1. The van der Waals surface area contributed by atoms with Gasteiger partial charge in [-0.1, -0.05) is 29.3 Å². The van der Waals surface area contributed by atoms with Crippen molar-refractivity contribution in [2.75, 3.05) is 19.0 Å². The molecule has 0 aliphatic heterocycles. The third-order valence-corrected chi connectivity index (χ3v) is 4.33. The van der Waals surface area contributed by atoms with Gasteiger partial charge in [0.15, 0.2) is 5.65 Å². The van der Waals surface area contributed by atoms with Crippen molar-refractivity contribution < 1.29 is 9.53 Å². The van der Waals surface area contributed by atoms with Crippen molar-refractivity contribution >= 4 is 34.2 Å². The van der Waals surface area contributed by atoms with E-state index in [0.29, 0.717) is 40.5 Å². The standard InChI is InChI=1S/C18H19ClN4O2/c1-11-4-6-13(7-5-11)21-18(24)14-10-20-17-15(16(14)19)12(2)22-23(17)8-9-25-3/h4-7,10H,8-9H2,1-3H3,(H,21,24). The van der Waals surface area contributed by atoms with Crippen molar-refractivity contribution in [1.29, 1.82) is 0 Å². The molecule has 0 saturated heterocycles. The highest BCUT2D eigenvalue weighted by Gasteiger charge is 2.19. The van der Waals surface area contributed by atoms with E-state index in [2.05, 4.69) is 15.4 Å². The highest BCUT2D eigenvalue weighted by molar-refractivity contribution is 6.39. The van der Waals surface area contributed by atoms with Crippen LogP contribution in [0.4, 0.5) is 5.69 Å². The van der Waals surface area contributed by atoms with E-state index in [1.54, 1.807) is 11.8 Å². The first-order valence-electron chi connectivity index (χ1n) is 7.90. The Morgan fingerprint density at radius 3 is 2.68 bits per heavy atom. The second-order valence-corrected chi connectivity index (χ2v) is 6.18. The quantitative estimate of drug-likeness (QED) is 0.756. The van der Waals surface area contributed by atoms with Gasteiger partial charge in [-0.3, -0.25) is 4.79 Å². The maximum atomic E-state index is 12.6. The number of halogens is 1. The van der Waals surface area contributed by atoms with Crippen LogP contribution in [0.15, 0.2) is 30.5 Å². The lowest BCUT2D eigenvalue weighted by molar-refractivity contribution is 0.102. The van der Waals surface area contributed by atoms with Crippen LogP contribution < -0.4 is 5.32 Å². The molecule has 3 aromatic rings. The molecule has 6 nitrogen and oxygen atoms in total. The Morgan fingerprint density at radius 2 is 2.00 bits per heavy atom. The zero-order valence-corrected chi connectivity index (χ0v) is 15.1. The highest BCUT2D eigenvalue weighted by Crippen LogP contribution is 2.29. The van der Waals surface area contributed by atoms with Gasteiger partial charge in [-0.25, -0.2) is 9.67 Å². The SMILES string of the molecule is COCCn1nc(C)c2c(Cl)c(C(=O)Nc3ccc(C)cc3)cnc21. The number of nitrogens with zero attached hydrogens (tertiary/aromatic N) is 3. The lowest BCUT2D eigenvalue weighted by Gasteiger charge is -2.08. The minimum atomic E-state index is -0.299. The fourth-order valence-electron chi connectivity index (χ4n) is 2.60. The number of anilines is 1. The molecule has 0 saturated carbocycles. The van der Waals surface area contributed by atoms with Crippen molar-refractivity contribution in [3.63, 3.8) is 0 Å². The van der Waals surface area contributed by atoms with Gasteiger partial charge in [-0.2, -0.15) is 5.10 Å². The summed E-state index contributed by atoms with van der Waals surface area (Å²) in [6, 6.07) is 7.56. The third kappa shape index (κ3) is 3.50. The summed E-state index contributed by atoms with van der Waals surface area (Å²) < 4.78 is 6.82. The summed E-state index contributed by atoms with van der Waals surface area (Å²) >= 11 is 6.50. The predicted molar refractivity (Wildman–Crippen MR) is 98.3 cm³/mol. The Kier molecular flexibility index (Phi) is 5.01. The molecule has 1 amide bonds. The smallest absolute Gasteiger partial charge is 0.258 e. The number of aromatic nitrogens is 3. The topological polar surface area (TPSA) is 69.0 Å². The zero-order valence-electron chi connectivity index (χ0n) is 14.3. The van der Waals surface area contributed by atoms with Gasteiger partial charge < -0.3 is 10.1 Å². The van der Waals surface area contributed by atoms with Crippen LogP contribution >= 0.6 is 11.6 Å². The van der Waals surface area contributed by atoms with Gasteiger partial charge in [-0.15, -0.1) is 0 Å². The molecule has 0 radical (unpaired) electrons. The van der Waals surface area contributed by atoms with E-state index in [0.717, 1.165) is 11.3 Å². The predicted octanol–water partition coefficient (Wildman–Crippen LogP) is 3.60. The second-order valence-electron chi connectivity index (χ2n) is 5.81. The van der Waals surface area contributed by atoms with Crippen molar-refractivity contribution in [3.8, 4) is 0 Å². The van der Waals surface area contributed by atoms with Crippen LogP contribution in [0.3, 0.4) is 0 Å².